The normalized spacial score (nSPS) is 11.6. The van der Waals surface area contributed by atoms with Crippen molar-refractivity contribution < 1.29 is 4.39 Å². The van der Waals surface area contributed by atoms with Crippen molar-refractivity contribution in [1.82, 2.24) is 9.97 Å². The maximum absolute atomic E-state index is 13.2. The summed E-state index contributed by atoms with van der Waals surface area (Å²) in [5.41, 5.74) is 2.54. The third-order valence-corrected chi connectivity index (χ3v) is 3.65. The minimum Gasteiger partial charge on any atom is -0.337 e. The Labute approximate surface area is 134 Å². The van der Waals surface area contributed by atoms with Gasteiger partial charge in [-0.25, -0.2) is 9.37 Å². The van der Waals surface area contributed by atoms with E-state index in [9.17, 15) is 9.65 Å². The van der Waals surface area contributed by atoms with E-state index in [1.165, 1.54) is 12.1 Å². The molecule has 0 aliphatic rings. The summed E-state index contributed by atoms with van der Waals surface area (Å²) in [5.74, 6) is 0.106. The highest BCUT2D eigenvalue weighted by molar-refractivity contribution is 14.1. The second-order valence-electron chi connectivity index (χ2n) is 4.47. The molecule has 2 aromatic carbocycles. The summed E-state index contributed by atoms with van der Waals surface area (Å²) < 4.78 is 14.3. The molecule has 0 aliphatic heterocycles. The van der Waals surface area contributed by atoms with Gasteiger partial charge in [-0.05, 0) is 64.6 Å². The maximum Gasteiger partial charge on any atom is 0.149 e. The van der Waals surface area contributed by atoms with Crippen molar-refractivity contribution in [3.63, 3.8) is 0 Å². The van der Waals surface area contributed by atoms with Crippen LogP contribution in [0.4, 0.5) is 4.39 Å². The molecule has 3 aromatic rings. The Morgan fingerprint density at radius 1 is 1.29 bits per heavy atom. The van der Waals surface area contributed by atoms with Crippen LogP contribution in [0.25, 0.3) is 22.7 Å². The minimum atomic E-state index is -0.335. The molecule has 5 heteroatoms. The number of aromatic nitrogens is 2. The number of allylic oxidation sites excluding steroid dienone is 1. The van der Waals surface area contributed by atoms with Gasteiger partial charge in [0, 0.05) is 3.57 Å². The Bertz CT molecular complexity index is 890. The van der Waals surface area contributed by atoms with Crippen molar-refractivity contribution in [1.29, 1.82) is 5.26 Å². The molecule has 1 N–H and O–H groups in total. The van der Waals surface area contributed by atoms with Crippen molar-refractivity contribution in [3.05, 3.63) is 63.2 Å². The monoisotopic (exact) mass is 389 g/mol. The first-order chi connectivity index (χ1) is 10.2. The zero-order valence-corrected chi connectivity index (χ0v) is 12.9. The first-order valence-corrected chi connectivity index (χ1v) is 7.26. The first-order valence-electron chi connectivity index (χ1n) is 6.19. The highest BCUT2D eigenvalue weighted by Crippen LogP contribution is 2.20. The average Bonchev–Trinajstić information content (AvgIpc) is 2.87. The van der Waals surface area contributed by atoms with Gasteiger partial charge in [0.2, 0.25) is 0 Å². The summed E-state index contributed by atoms with van der Waals surface area (Å²) >= 11 is 2.22. The van der Waals surface area contributed by atoms with Crippen LogP contribution in [0, 0.1) is 20.7 Å². The van der Waals surface area contributed by atoms with Crippen LogP contribution < -0.4 is 0 Å². The van der Waals surface area contributed by atoms with Crippen molar-refractivity contribution in [2.45, 2.75) is 0 Å². The first kappa shape index (κ1) is 13.8. The number of benzene rings is 2. The van der Waals surface area contributed by atoms with Crippen LogP contribution in [0.1, 0.15) is 11.4 Å². The number of H-pyrrole nitrogens is 1. The number of hydrogen-bond acceptors (Lipinski definition) is 2. The lowest BCUT2D eigenvalue weighted by Gasteiger charge is -1.96. The minimum absolute atomic E-state index is 0.335. The summed E-state index contributed by atoms with van der Waals surface area (Å²) in [6.45, 7) is 0. The summed E-state index contributed by atoms with van der Waals surface area (Å²) in [6.07, 6.45) is 1.76. The molecule has 1 aromatic heterocycles. The summed E-state index contributed by atoms with van der Waals surface area (Å²) in [5, 5.41) is 9.34. The Hall–Kier alpha value is -2.20. The zero-order valence-electron chi connectivity index (χ0n) is 10.8. The number of nitrogens with one attached hydrogen (secondary N) is 1. The predicted octanol–water partition coefficient (Wildman–Crippen LogP) is 4.37. The van der Waals surface area contributed by atoms with Crippen molar-refractivity contribution >= 4 is 45.3 Å². The molecule has 0 radical (unpaired) electrons. The smallest absolute Gasteiger partial charge is 0.149 e. The Morgan fingerprint density at radius 3 is 2.90 bits per heavy atom. The van der Waals surface area contributed by atoms with E-state index in [4.69, 9.17) is 0 Å². The molecule has 0 spiro atoms. The highest BCUT2D eigenvalue weighted by atomic mass is 127. The van der Waals surface area contributed by atoms with Gasteiger partial charge in [-0.3, -0.25) is 0 Å². The molecular formula is C16H9FIN3. The van der Waals surface area contributed by atoms with Gasteiger partial charge in [-0.1, -0.05) is 12.1 Å². The van der Waals surface area contributed by atoms with Crippen LogP contribution in [-0.4, -0.2) is 9.97 Å². The maximum atomic E-state index is 13.2. The van der Waals surface area contributed by atoms with E-state index in [0.29, 0.717) is 22.4 Å². The van der Waals surface area contributed by atoms with Gasteiger partial charge in [0.1, 0.15) is 17.7 Å². The fourth-order valence-corrected chi connectivity index (χ4v) is 2.59. The van der Waals surface area contributed by atoms with Crippen LogP contribution in [0.3, 0.4) is 0 Å². The third-order valence-electron chi connectivity index (χ3n) is 2.98. The van der Waals surface area contributed by atoms with Crippen molar-refractivity contribution in [2.24, 2.45) is 0 Å². The van der Waals surface area contributed by atoms with Gasteiger partial charge < -0.3 is 4.98 Å². The number of aromatic amines is 1. The van der Waals surface area contributed by atoms with Crippen LogP contribution in [0.2, 0.25) is 0 Å². The van der Waals surface area contributed by atoms with E-state index in [2.05, 4.69) is 38.6 Å². The Kier molecular flexibility index (Phi) is 3.71. The molecule has 0 aliphatic carbocycles. The van der Waals surface area contributed by atoms with Gasteiger partial charge in [-0.2, -0.15) is 5.26 Å². The van der Waals surface area contributed by atoms with Gasteiger partial charge in [-0.15, -0.1) is 0 Å². The molecule has 0 saturated carbocycles. The number of hydrogen-bond donors (Lipinski definition) is 1. The fraction of sp³-hybridized carbons (Fsp3) is 0. The molecular weight excluding hydrogens is 380 g/mol. The SMILES string of the molecule is N#C/C(=C/c1cccc(I)c1)c1nc2ccc(F)cc2[nH]1. The van der Waals surface area contributed by atoms with Gasteiger partial charge in [0.15, 0.2) is 0 Å². The number of imidazole rings is 1. The second-order valence-corrected chi connectivity index (χ2v) is 5.72. The molecule has 1 heterocycles. The molecule has 0 bridgehead atoms. The van der Waals surface area contributed by atoms with Crippen LogP contribution in [-0.2, 0) is 0 Å². The molecule has 3 nitrogen and oxygen atoms in total. The molecule has 0 amide bonds. The molecule has 21 heavy (non-hydrogen) atoms. The summed E-state index contributed by atoms with van der Waals surface area (Å²) in [7, 11) is 0. The molecule has 0 unspecified atom stereocenters. The van der Waals surface area contributed by atoms with Crippen LogP contribution >= 0.6 is 22.6 Å². The molecule has 102 valence electrons. The fourth-order valence-electron chi connectivity index (χ4n) is 2.03. The lowest BCUT2D eigenvalue weighted by molar-refractivity contribution is 0.629. The number of nitrogens with zero attached hydrogens (tertiary/aromatic N) is 2. The van der Waals surface area contributed by atoms with Crippen molar-refractivity contribution in [3.8, 4) is 6.07 Å². The predicted molar refractivity (Wildman–Crippen MR) is 88.7 cm³/mol. The zero-order chi connectivity index (χ0) is 14.8. The lowest BCUT2D eigenvalue weighted by Crippen LogP contribution is -1.85. The molecule has 0 atom stereocenters. The summed E-state index contributed by atoms with van der Waals surface area (Å²) in [6, 6.07) is 14.2. The average molecular weight is 389 g/mol. The van der Waals surface area contributed by atoms with Crippen LogP contribution in [0.15, 0.2) is 42.5 Å². The van der Waals surface area contributed by atoms with Gasteiger partial charge in [0.25, 0.3) is 0 Å². The Morgan fingerprint density at radius 2 is 2.14 bits per heavy atom. The van der Waals surface area contributed by atoms with Gasteiger partial charge in [0.05, 0.1) is 16.6 Å². The van der Waals surface area contributed by atoms with Crippen LogP contribution in [0.5, 0.6) is 0 Å². The lowest BCUT2D eigenvalue weighted by atomic mass is 10.1. The Balaban J connectivity index is 2.08. The quantitative estimate of drug-likeness (QED) is 0.523. The second kappa shape index (κ2) is 5.66. The topological polar surface area (TPSA) is 52.5 Å². The number of nitriles is 1. The highest BCUT2D eigenvalue weighted by Gasteiger charge is 2.08. The van der Waals surface area contributed by atoms with E-state index < -0.39 is 0 Å². The van der Waals surface area contributed by atoms with E-state index in [0.717, 1.165) is 9.13 Å². The van der Waals surface area contributed by atoms with Gasteiger partial charge >= 0.3 is 0 Å². The third kappa shape index (κ3) is 2.95. The molecule has 0 fully saturated rings. The number of fused-ring (bicyclic) bond motifs is 1. The van der Waals surface area contributed by atoms with E-state index >= 15 is 0 Å². The molecule has 0 saturated heterocycles. The van der Waals surface area contributed by atoms with E-state index in [-0.39, 0.29) is 5.82 Å². The standard InChI is InChI=1S/C16H9FIN3/c17-12-4-5-14-15(8-12)21-16(20-14)11(9-19)6-10-2-1-3-13(18)7-10/h1-8H,(H,20,21)/b11-6-. The number of halogens is 2. The summed E-state index contributed by atoms with van der Waals surface area (Å²) in [4.78, 5) is 7.31. The molecule has 3 rings (SSSR count). The number of rotatable bonds is 2. The van der Waals surface area contributed by atoms with E-state index in [1.54, 1.807) is 12.1 Å². The van der Waals surface area contributed by atoms with Crippen molar-refractivity contribution in [2.75, 3.05) is 0 Å². The van der Waals surface area contributed by atoms with E-state index in [1.807, 2.05) is 24.3 Å². The largest absolute Gasteiger partial charge is 0.337 e.